The molecule has 6 nitrogen and oxygen atoms in total. The molecule has 0 atom stereocenters. The van der Waals surface area contributed by atoms with Crippen LogP contribution in [0.1, 0.15) is 0 Å². The molecule has 1 aromatic heterocycles. The summed E-state index contributed by atoms with van der Waals surface area (Å²) in [7, 11) is -3.38. The van der Waals surface area contributed by atoms with E-state index < -0.39 is 8.07 Å². The molecule has 74 heavy (non-hydrogen) atoms. The third kappa shape index (κ3) is 6.39. The molecule has 9 aromatic rings. The van der Waals surface area contributed by atoms with Crippen LogP contribution in [-0.2, 0) is 0 Å². The summed E-state index contributed by atoms with van der Waals surface area (Å²) < 4.78 is 12.3. The second-order valence-corrected chi connectivity index (χ2v) is 23.7. The van der Waals surface area contributed by atoms with Gasteiger partial charge in [0.05, 0.1) is 11.0 Å². The smallest absolute Gasteiger partial charge is 0.423 e. The molecule has 1 saturated heterocycles. The number of para-hydroxylation sites is 2. The molecular weight excluding hydrogens is 912 g/mol. The summed E-state index contributed by atoms with van der Waals surface area (Å²) in [6.45, 7) is -0.241. The highest BCUT2D eigenvalue weighted by Gasteiger charge is 2.53. The second kappa shape index (κ2) is 17.1. The van der Waals surface area contributed by atoms with E-state index in [0.717, 1.165) is 5.69 Å². The first-order valence-electron chi connectivity index (χ1n) is 25.7. The Bertz CT molecular complexity index is 3880. The number of fused-ring (bicyclic) bond motifs is 19. The van der Waals surface area contributed by atoms with Gasteiger partial charge in [-0.1, -0.05) is 206 Å². The van der Waals surface area contributed by atoms with E-state index in [9.17, 15) is 0 Å². The van der Waals surface area contributed by atoms with Crippen LogP contribution in [-0.4, -0.2) is 65.8 Å². The van der Waals surface area contributed by atoms with E-state index in [0.29, 0.717) is 0 Å². The first-order chi connectivity index (χ1) is 36.7. The summed E-state index contributed by atoms with van der Waals surface area (Å²) in [5, 5.41) is 7.82. The lowest BCUT2D eigenvalue weighted by Crippen LogP contribution is -2.74. The Balaban J connectivity index is 0.954. The highest BCUT2D eigenvalue weighted by atomic mass is 28.3. The molecule has 0 saturated carbocycles. The van der Waals surface area contributed by atoms with E-state index in [1.165, 1.54) is 87.1 Å². The van der Waals surface area contributed by atoms with Crippen molar-refractivity contribution < 1.29 is 0 Å². The zero-order valence-corrected chi connectivity index (χ0v) is 41.6. The SMILES string of the molecule is C1=CB2N(C=C1)B1C=CC([Si](c3ccccc3)(c3ccccc3)c3ccc4c(c3)-c3ccccc3-c3ccc(-n5c6ccccc6c6ccccc65)cc3-c3ccccc3-4)=CN1B1C=CC=CN1B1N=CC=CN21. The fraction of sp³-hybridized carbons (Fsp3) is 0. The van der Waals surface area contributed by atoms with Gasteiger partial charge >= 0.3 is 28.1 Å². The van der Waals surface area contributed by atoms with Gasteiger partial charge in [0.25, 0.3) is 0 Å². The summed E-state index contributed by atoms with van der Waals surface area (Å²) in [6, 6.07) is 73.1. The number of nitrogens with zero attached hydrogens (tertiary/aromatic N) is 6. The summed E-state index contributed by atoms with van der Waals surface area (Å²) >= 11 is 0. The minimum atomic E-state index is -3.15. The Labute approximate surface area is 434 Å². The number of aromatic nitrogens is 1. The molecule has 1 fully saturated rings. The Hall–Kier alpha value is -8.91. The normalized spacial score (nSPS) is 15.9. The van der Waals surface area contributed by atoms with Crippen molar-refractivity contribution in [1.82, 2.24) is 23.5 Å². The van der Waals surface area contributed by atoms with Crippen molar-refractivity contribution in [2.75, 3.05) is 0 Å². The molecule has 0 bridgehead atoms. The van der Waals surface area contributed by atoms with Crippen LogP contribution < -0.4 is 15.6 Å². The number of hydrogen-bond acceptors (Lipinski definition) is 5. The van der Waals surface area contributed by atoms with Crippen LogP contribution in [0.4, 0.5) is 0 Å². The maximum Gasteiger partial charge on any atom is 0.500 e. The van der Waals surface area contributed by atoms with Crippen molar-refractivity contribution in [3.05, 3.63) is 279 Å². The molecule has 0 amide bonds. The van der Waals surface area contributed by atoms with Crippen molar-refractivity contribution in [2.24, 2.45) is 4.90 Å². The lowest BCUT2D eigenvalue weighted by Gasteiger charge is -2.53. The van der Waals surface area contributed by atoms with Crippen molar-refractivity contribution in [2.45, 2.75) is 0 Å². The lowest BCUT2D eigenvalue weighted by atomic mass is 9.44. The van der Waals surface area contributed by atoms with Gasteiger partial charge in [-0.15, -0.1) is 0 Å². The van der Waals surface area contributed by atoms with Gasteiger partial charge in [-0.05, 0) is 133 Å². The summed E-state index contributed by atoms with van der Waals surface area (Å²) in [5.74, 6) is 7.07. The summed E-state index contributed by atoms with van der Waals surface area (Å²) in [5.41, 5.74) is 13.4. The third-order valence-electron chi connectivity index (χ3n) is 16.1. The second-order valence-electron chi connectivity index (χ2n) is 19.8. The van der Waals surface area contributed by atoms with Gasteiger partial charge in [0.1, 0.15) is 0 Å². The number of allylic oxidation sites excluding steroid dienone is 7. The number of rotatable bonds is 5. The first-order valence-corrected chi connectivity index (χ1v) is 27.7. The predicted molar refractivity (Wildman–Crippen MR) is 315 cm³/mol. The standard InChI is InChI=1S/C63H46B4N6Si/c1-3-20-48(21-4-1)74(49-22-5-2-6-23-49,51-36-39-66-69-41-17-15-37-64(69)71-43-19-40-68-67(71)70-42-18-16-38-65(70)72(66)46-51)50-33-35-57-52-24-7-9-26-54(52)60-44-47(32-34-56(60)53-25-8-10-27-55(53)61(57)45-50)73-62-30-13-11-28-58(62)59-29-12-14-31-63(59)73/h1-46H. The van der Waals surface area contributed by atoms with Crippen molar-refractivity contribution >= 4 is 79.7 Å². The maximum absolute atomic E-state index is 5.13. The van der Waals surface area contributed by atoms with Crippen LogP contribution in [0, 0.1) is 0 Å². The van der Waals surface area contributed by atoms with Gasteiger partial charge in [-0.3, -0.25) is 0 Å². The predicted octanol–water partition coefficient (Wildman–Crippen LogP) is 11.3. The zero-order chi connectivity index (χ0) is 48.7. The van der Waals surface area contributed by atoms with Gasteiger partial charge in [0.15, 0.2) is 8.07 Å². The maximum atomic E-state index is 5.13. The lowest BCUT2D eigenvalue weighted by molar-refractivity contribution is 0.614. The summed E-state index contributed by atoms with van der Waals surface area (Å²) in [6.07, 6.45) is 24.3. The minimum absolute atomic E-state index is 0.0433. The highest BCUT2D eigenvalue weighted by Crippen LogP contribution is 2.49. The van der Waals surface area contributed by atoms with Crippen LogP contribution >= 0.6 is 0 Å². The summed E-state index contributed by atoms with van der Waals surface area (Å²) in [4.78, 5) is 5.13. The van der Waals surface area contributed by atoms with Gasteiger partial charge < -0.3 is 28.4 Å². The molecule has 5 aliphatic heterocycles. The van der Waals surface area contributed by atoms with Crippen molar-refractivity contribution in [3.63, 3.8) is 0 Å². The van der Waals surface area contributed by atoms with Crippen LogP contribution in [0.5, 0.6) is 0 Å². The van der Waals surface area contributed by atoms with Crippen molar-refractivity contribution in [3.8, 4) is 50.2 Å². The van der Waals surface area contributed by atoms with Crippen LogP contribution in [0.25, 0.3) is 72.0 Å². The number of hydrogen-bond donors (Lipinski definition) is 0. The topological polar surface area (TPSA) is 30.2 Å². The third-order valence-corrected chi connectivity index (χ3v) is 20.9. The van der Waals surface area contributed by atoms with Gasteiger partial charge in [-0.25, -0.2) is 0 Å². The van der Waals surface area contributed by atoms with E-state index in [-0.39, 0.29) is 28.1 Å². The Morgan fingerprint density at radius 1 is 0.365 bits per heavy atom. The molecule has 15 rings (SSSR count). The van der Waals surface area contributed by atoms with Crippen molar-refractivity contribution in [1.29, 1.82) is 0 Å². The zero-order valence-electron chi connectivity index (χ0n) is 40.6. The van der Waals surface area contributed by atoms with E-state index in [1.54, 1.807) is 0 Å². The fourth-order valence-corrected chi connectivity index (χ4v) is 17.7. The monoisotopic (exact) mass is 958 g/mol. The van der Waals surface area contributed by atoms with Crippen LogP contribution in [0.2, 0.25) is 0 Å². The molecule has 6 heterocycles. The van der Waals surface area contributed by atoms with E-state index in [2.05, 4.69) is 297 Å². The van der Waals surface area contributed by atoms with Crippen LogP contribution in [0.3, 0.4) is 0 Å². The van der Waals surface area contributed by atoms with Crippen LogP contribution in [0.15, 0.2) is 283 Å². The molecule has 1 aliphatic carbocycles. The van der Waals surface area contributed by atoms with E-state index in [4.69, 9.17) is 4.90 Å². The largest absolute Gasteiger partial charge is 0.500 e. The average Bonchev–Trinajstić information content (AvgIpc) is 3.82. The van der Waals surface area contributed by atoms with Gasteiger partial charge in [-0.2, -0.15) is 0 Å². The molecule has 0 N–H and O–H groups in total. The Morgan fingerprint density at radius 2 is 0.851 bits per heavy atom. The molecule has 8 aromatic carbocycles. The van der Waals surface area contributed by atoms with E-state index in [1.807, 2.05) is 6.21 Å². The van der Waals surface area contributed by atoms with E-state index >= 15 is 0 Å². The molecule has 0 unspecified atom stereocenters. The molecular formula is C63H46B4N6Si. The number of benzene rings is 8. The Morgan fingerprint density at radius 3 is 1.49 bits per heavy atom. The Kier molecular flexibility index (Phi) is 9.88. The quantitative estimate of drug-likeness (QED) is 0.127. The fourth-order valence-electron chi connectivity index (χ4n) is 13.0. The highest BCUT2D eigenvalue weighted by molar-refractivity contribution is 7.16. The first kappa shape index (κ1) is 42.7. The molecule has 0 radical (unpaired) electrons. The minimum Gasteiger partial charge on any atom is -0.423 e. The molecule has 6 aliphatic rings. The molecule has 0 spiro atoms. The van der Waals surface area contributed by atoms with Gasteiger partial charge in [0.2, 0.25) is 0 Å². The van der Waals surface area contributed by atoms with Gasteiger partial charge in [0, 0.05) is 22.7 Å². The average molecular weight is 958 g/mol. The molecule has 11 heteroatoms. The molecule has 344 valence electrons.